The maximum Gasteiger partial charge on any atom is 0.263 e. The minimum atomic E-state index is -3.20. The Morgan fingerprint density at radius 3 is 3.05 bits per heavy atom. The van der Waals surface area contributed by atoms with Crippen molar-refractivity contribution in [3.8, 4) is 0 Å². The molecule has 3 heterocycles. The van der Waals surface area contributed by atoms with Crippen molar-refractivity contribution in [1.29, 1.82) is 0 Å². The first-order valence-corrected chi connectivity index (χ1v) is 10.1. The summed E-state index contributed by atoms with van der Waals surface area (Å²) in [6.07, 6.45) is 1.93. The van der Waals surface area contributed by atoms with Crippen LogP contribution in [0.25, 0.3) is 0 Å². The molecule has 8 heteroatoms. The van der Waals surface area contributed by atoms with Gasteiger partial charge in [0, 0.05) is 25.6 Å². The quantitative estimate of drug-likeness (QED) is 0.876. The zero-order valence-corrected chi connectivity index (χ0v) is 14.0. The van der Waals surface area contributed by atoms with E-state index in [2.05, 4.69) is 4.72 Å². The first-order valence-electron chi connectivity index (χ1n) is 7.33. The van der Waals surface area contributed by atoms with E-state index >= 15 is 0 Å². The van der Waals surface area contributed by atoms with E-state index in [0.717, 1.165) is 17.6 Å². The number of ether oxygens (including phenoxy) is 1. The standard InChI is InChI=1S/C14H20N2O4S2/c1-22(18,19)15-7-12-11-4-5-16(8-10(11)9-20-12)14(17)13-3-2-6-21-13/h2-3,6,10-12,15H,4-5,7-9H2,1H3/t10-,11-,12+/m1/s1. The van der Waals surface area contributed by atoms with E-state index in [1.807, 2.05) is 22.4 Å². The largest absolute Gasteiger partial charge is 0.376 e. The highest BCUT2D eigenvalue weighted by molar-refractivity contribution is 7.88. The number of fused-ring (bicyclic) bond motifs is 1. The van der Waals surface area contributed by atoms with Crippen LogP contribution in [-0.2, 0) is 14.8 Å². The molecule has 0 saturated carbocycles. The van der Waals surface area contributed by atoms with Gasteiger partial charge in [-0.2, -0.15) is 0 Å². The molecule has 1 amide bonds. The molecule has 0 radical (unpaired) electrons. The number of likely N-dealkylation sites (tertiary alicyclic amines) is 1. The van der Waals surface area contributed by atoms with Gasteiger partial charge in [0.1, 0.15) is 0 Å². The number of nitrogens with one attached hydrogen (secondary N) is 1. The van der Waals surface area contributed by atoms with Crippen molar-refractivity contribution in [2.75, 3.05) is 32.5 Å². The molecule has 2 fully saturated rings. The summed E-state index contributed by atoms with van der Waals surface area (Å²) < 4.78 is 30.7. The Bertz CT molecular complexity index is 629. The van der Waals surface area contributed by atoms with Crippen molar-refractivity contribution < 1.29 is 17.9 Å². The summed E-state index contributed by atoms with van der Waals surface area (Å²) in [7, 11) is -3.20. The van der Waals surface area contributed by atoms with Crippen LogP contribution in [0.3, 0.4) is 0 Å². The third-order valence-electron chi connectivity index (χ3n) is 4.36. The second-order valence-corrected chi connectivity index (χ2v) is 8.71. The van der Waals surface area contributed by atoms with E-state index in [-0.39, 0.29) is 12.0 Å². The van der Waals surface area contributed by atoms with Crippen LogP contribution in [0.15, 0.2) is 17.5 Å². The number of piperidine rings is 1. The Morgan fingerprint density at radius 2 is 2.36 bits per heavy atom. The maximum atomic E-state index is 12.4. The van der Waals surface area contributed by atoms with Crippen LogP contribution in [0.1, 0.15) is 16.1 Å². The minimum absolute atomic E-state index is 0.0845. The summed E-state index contributed by atoms with van der Waals surface area (Å²) in [6, 6.07) is 3.74. The average Bonchev–Trinajstić information content (AvgIpc) is 3.12. The maximum absolute atomic E-state index is 12.4. The molecular formula is C14H20N2O4S2. The van der Waals surface area contributed by atoms with Crippen LogP contribution in [-0.4, -0.2) is 57.8 Å². The van der Waals surface area contributed by atoms with Gasteiger partial charge in [-0.1, -0.05) is 6.07 Å². The van der Waals surface area contributed by atoms with Gasteiger partial charge in [0.15, 0.2) is 0 Å². The number of sulfonamides is 1. The van der Waals surface area contributed by atoms with Crippen molar-refractivity contribution in [2.24, 2.45) is 11.8 Å². The number of carbonyl (C=O) groups is 1. The van der Waals surface area contributed by atoms with Crippen LogP contribution in [0.4, 0.5) is 0 Å². The molecule has 0 unspecified atom stereocenters. The highest BCUT2D eigenvalue weighted by atomic mass is 32.2. The summed E-state index contributed by atoms with van der Waals surface area (Å²) in [5.41, 5.74) is 0. The molecule has 0 bridgehead atoms. The van der Waals surface area contributed by atoms with Gasteiger partial charge in [-0.25, -0.2) is 13.1 Å². The van der Waals surface area contributed by atoms with E-state index in [1.165, 1.54) is 11.3 Å². The van der Waals surface area contributed by atoms with Gasteiger partial charge in [-0.05, 0) is 23.8 Å². The lowest BCUT2D eigenvalue weighted by atomic mass is 9.84. The zero-order chi connectivity index (χ0) is 15.7. The smallest absolute Gasteiger partial charge is 0.263 e. The molecule has 1 aromatic rings. The fourth-order valence-electron chi connectivity index (χ4n) is 3.27. The van der Waals surface area contributed by atoms with Crippen molar-refractivity contribution in [2.45, 2.75) is 12.5 Å². The van der Waals surface area contributed by atoms with Crippen LogP contribution < -0.4 is 4.72 Å². The molecule has 1 N–H and O–H groups in total. The molecule has 0 aliphatic carbocycles. The van der Waals surface area contributed by atoms with Crippen molar-refractivity contribution in [1.82, 2.24) is 9.62 Å². The zero-order valence-electron chi connectivity index (χ0n) is 12.4. The molecule has 6 nitrogen and oxygen atoms in total. The topological polar surface area (TPSA) is 75.7 Å². The number of hydrogen-bond acceptors (Lipinski definition) is 5. The third kappa shape index (κ3) is 3.51. The average molecular weight is 344 g/mol. The van der Waals surface area contributed by atoms with E-state index in [1.54, 1.807) is 0 Å². The molecule has 22 heavy (non-hydrogen) atoms. The van der Waals surface area contributed by atoms with E-state index in [0.29, 0.717) is 38.1 Å². The first kappa shape index (κ1) is 15.9. The van der Waals surface area contributed by atoms with Crippen molar-refractivity contribution in [3.63, 3.8) is 0 Å². The summed E-state index contributed by atoms with van der Waals surface area (Å²) >= 11 is 1.46. The number of carbonyl (C=O) groups excluding carboxylic acids is 1. The van der Waals surface area contributed by atoms with E-state index in [9.17, 15) is 13.2 Å². The number of rotatable bonds is 4. The summed E-state index contributed by atoms with van der Waals surface area (Å²) in [5, 5.41) is 1.91. The van der Waals surface area contributed by atoms with Crippen LogP contribution in [0.2, 0.25) is 0 Å². The molecule has 3 atom stereocenters. The predicted molar refractivity (Wildman–Crippen MR) is 84.4 cm³/mol. The Kier molecular flexibility index (Phi) is 4.54. The molecule has 122 valence electrons. The van der Waals surface area contributed by atoms with Crippen molar-refractivity contribution in [3.05, 3.63) is 22.4 Å². The van der Waals surface area contributed by atoms with Gasteiger partial charge in [0.25, 0.3) is 5.91 Å². The molecule has 1 aromatic heterocycles. The summed E-state index contributed by atoms with van der Waals surface area (Å²) in [6.45, 7) is 2.31. The second kappa shape index (κ2) is 6.27. The molecule has 2 aliphatic rings. The normalized spacial score (nSPS) is 28.6. The number of amides is 1. The summed E-state index contributed by atoms with van der Waals surface area (Å²) in [4.78, 5) is 15.1. The van der Waals surface area contributed by atoms with E-state index in [4.69, 9.17) is 4.74 Å². The first-order chi connectivity index (χ1) is 10.4. The summed E-state index contributed by atoms with van der Waals surface area (Å²) in [5.74, 6) is 0.705. The number of nitrogens with zero attached hydrogens (tertiary/aromatic N) is 1. The van der Waals surface area contributed by atoms with Gasteiger partial charge >= 0.3 is 0 Å². The Hall–Kier alpha value is -0.960. The van der Waals surface area contributed by atoms with E-state index < -0.39 is 10.0 Å². The van der Waals surface area contributed by atoms with Gasteiger partial charge in [0.2, 0.25) is 10.0 Å². The van der Waals surface area contributed by atoms with Gasteiger partial charge < -0.3 is 9.64 Å². The lowest BCUT2D eigenvalue weighted by Gasteiger charge is -2.35. The van der Waals surface area contributed by atoms with Crippen LogP contribution in [0, 0.1) is 11.8 Å². The fraction of sp³-hybridized carbons (Fsp3) is 0.643. The molecule has 2 saturated heterocycles. The molecule has 2 aliphatic heterocycles. The second-order valence-electron chi connectivity index (χ2n) is 5.93. The highest BCUT2D eigenvalue weighted by Gasteiger charge is 2.42. The minimum Gasteiger partial charge on any atom is -0.376 e. The molecule has 3 rings (SSSR count). The molecule has 0 spiro atoms. The highest BCUT2D eigenvalue weighted by Crippen LogP contribution is 2.34. The van der Waals surface area contributed by atoms with Crippen LogP contribution in [0.5, 0.6) is 0 Å². The monoisotopic (exact) mass is 344 g/mol. The predicted octanol–water partition coefficient (Wildman–Crippen LogP) is 0.774. The Balaban J connectivity index is 1.58. The van der Waals surface area contributed by atoms with Gasteiger partial charge in [-0.3, -0.25) is 4.79 Å². The van der Waals surface area contributed by atoms with Gasteiger partial charge in [0.05, 0.1) is 23.8 Å². The lowest BCUT2D eigenvalue weighted by molar-refractivity contribution is 0.0621. The van der Waals surface area contributed by atoms with Crippen molar-refractivity contribution >= 4 is 27.3 Å². The third-order valence-corrected chi connectivity index (χ3v) is 5.91. The number of hydrogen-bond donors (Lipinski definition) is 1. The molecule has 0 aromatic carbocycles. The Morgan fingerprint density at radius 1 is 1.55 bits per heavy atom. The SMILES string of the molecule is CS(=O)(=O)NC[C@@H]1OC[C@H]2CN(C(=O)c3cccs3)CC[C@H]21. The fourth-order valence-corrected chi connectivity index (χ4v) is 4.43. The molecular weight excluding hydrogens is 324 g/mol. The lowest BCUT2D eigenvalue weighted by Crippen LogP contribution is -2.45. The number of thiophene rings is 1. The van der Waals surface area contributed by atoms with Crippen LogP contribution >= 0.6 is 11.3 Å². The van der Waals surface area contributed by atoms with Gasteiger partial charge in [-0.15, -0.1) is 11.3 Å². The Labute approximate surface area is 134 Å².